The fraction of sp³-hybridized carbons (Fsp3) is 0.211. The van der Waals surface area contributed by atoms with Crippen molar-refractivity contribution in [2.75, 3.05) is 5.43 Å². The van der Waals surface area contributed by atoms with E-state index in [-0.39, 0.29) is 5.69 Å². The molecule has 0 aliphatic carbocycles. The first-order valence-corrected chi connectivity index (χ1v) is 8.80. The van der Waals surface area contributed by atoms with E-state index in [0.29, 0.717) is 10.8 Å². The maximum absolute atomic E-state index is 10.7. The van der Waals surface area contributed by atoms with E-state index in [0.717, 1.165) is 35.9 Å². The third-order valence-corrected chi connectivity index (χ3v) is 4.55. The number of aryl methyl sites for hydroxylation is 1. The highest BCUT2D eigenvalue weighted by atomic mass is 35.5. The normalized spacial score (nSPS) is 11.3. The van der Waals surface area contributed by atoms with Gasteiger partial charge in [0.1, 0.15) is 5.15 Å². The van der Waals surface area contributed by atoms with Gasteiger partial charge in [-0.1, -0.05) is 43.1 Å². The predicted molar refractivity (Wildman–Crippen MR) is 106 cm³/mol. The molecular formula is C19H19ClN4O2. The summed E-state index contributed by atoms with van der Waals surface area (Å²) in [5.74, 6) is 0. The molecule has 0 aliphatic heterocycles. The minimum atomic E-state index is -0.433. The molecule has 1 aromatic heterocycles. The van der Waals surface area contributed by atoms with Crippen LogP contribution in [-0.4, -0.2) is 15.7 Å². The second kappa shape index (κ2) is 8.01. The highest BCUT2D eigenvalue weighted by Gasteiger charge is 2.13. The summed E-state index contributed by atoms with van der Waals surface area (Å²) in [6.07, 6.45) is 3.83. The minimum absolute atomic E-state index is 0.0431. The molecule has 0 saturated heterocycles. The molecule has 0 atom stereocenters. The fourth-order valence-corrected chi connectivity index (χ4v) is 3.11. The van der Waals surface area contributed by atoms with E-state index in [1.807, 2.05) is 18.2 Å². The van der Waals surface area contributed by atoms with E-state index in [4.69, 9.17) is 11.6 Å². The van der Waals surface area contributed by atoms with Gasteiger partial charge in [0.15, 0.2) is 0 Å². The lowest BCUT2D eigenvalue weighted by Crippen LogP contribution is -1.97. The molecule has 7 heteroatoms. The summed E-state index contributed by atoms with van der Waals surface area (Å²) in [5, 5.41) is 16.6. The van der Waals surface area contributed by atoms with Crippen LogP contribution in [0, 0.1) is 10.1 Å². The summed E-state index contributed by atoms with van der Waals surface area (Å²) in [4.78, 5) is 10.3. The fourth-order valence-electron chi connectivity index (χ4n) is 2.79. The third kappa shape index (κ3) is 3.70. The molecule has 3 aromatic rings. The number of nitrogens with one attached hydrogen (secondary N) is 1. The number of anilines is 1. The van der Waals surface area contributed by atoms with Crippen LogP contribution in [0.2, 0.25) is 5.15 Å². The number of fused-ring (bicyclic) bond motifs is 1. The maximum Gasteiger partial charge on any atom is 0.269 e. The minimum Gasteiger partial charge on any atom is -0.331 e. The Kier molecular flexibility index (Phi) is 5.53. The molecule has 0 saturated carbocycles. The number of non-ortho nitro benzene ring substituents is 1. The van der Waals surface area contributed by atoms with Crippen LogP contribution in [0.4, 0.5) is 11.4 Å². The van der Waals surface area contributed by atoms with Crippen molar-refractivity contribution in [2.24, 2.45) is 5.10 Å². The first-order valence-electron chi connectivity index (χ1n) is 8.42. The molecule has 0 fully saturated rings. The van der Waals surface area contributed by atoms with Crippen molar-refractivity contribution in [3.63, 3.8) is 0 Å². The molecule has 134 valence electrons. The number of nitro benzene ring substituents is 1. The Labute approximate surface area is 156 Å². The Morgan fingerprint density at radius 3 is 2.65 bits per heavy atom. The quantitative estimate of drug-likeness (QED) is 0.341. The molecular weight excluding hydrogens is 352 g/mol. The van der Waals surface area contributed by atoms with Crippen LogP contribution in [0.1, 0.15) is 25.3 Å². The van der Waals surface area contributed by atoms with Crippen molar-refractivity contribution < 1.29 is 4.92 Å². The number of nitro groups is 1. The molecule has 3 rings (SSSR count). The highest BCUT2D eigenvalue weighted by Crippen LogP contribution is 2.29. The van der Waals surface area contributed by atoms with Crippen molar-refractivity contribution in [3.8, 4) is 0 Å². The van der Waals surface area contributed by atoms with E-state index in [9.17, 15) is 10.1 Å². The largest absolute Gasteiger partial charge is 0.331 e. The van der Waals surface area contributed by atoms with Crippen molar-refractivity contribution in [1.82, 2.24) is 4.57 Å². The topological polar surface area (TPSA) is 72.5 Å². The van der Waals surface area contributed by atoms with Gasteiger partial charge >= 0.3 is 0 Å². The first-order chi connectivity index (χ1) is 12.6. The molecule has 1 heterocycles. The SMILES string of the molecule is CCCCn1c(Cl)c(/C=N/Nc2ccc([N+](=O)[O-])cc2)c2ccccc21. The zero-order valence-corrected chi connectivity index (χ0v) is 15.1. The Morgan fingerprint density at radius 1 is 1.23 bits per heavy atom. The van der Waals surface area contributed by atoms with E-state index < -0.39 is 4.92 Å². The molecule has 0 unspecified atom stereocenters. The summed E-state index contributed by atoms with van der Waals surface area (Å²) in [5.41, 5.74) is 5.53. The van der Waals surface area contributed by atoms with Gasteiger partial charge in [-0.3, -0.25) is 15.5 Å². The number of para-hydroxylation sites is 1. The number of unbranched alkanes of at least 4 members (excludes halogenated alkanes) is 1. The third-order valence-electron chi connectivity index (χ3n) is 4.14. The lowest BCUT2D eigenvalue weighted by molar-refractivity contribution is -0.384. The van der Waals surface area contributed by atoms with Crippen molar-refractivity contribution in [3.05, 3.63) is 69.4 Å². The van der Waals surface area contributed by atoms with Crippen LogP contribution >= 0.6 is 11.6 Å². The van der Waals surface area contributed by atoms with Crippen LogP contribution < -0.4 is 5.43 Å². The summed E-state index contributed by atoms with van der Waals surface area (Å²) in [7, 11) is 0. The van der Waals surface area contributed by atoms with Gasteiger partial charge in [-0.2, -0.15) is 5.10 Å². The second-order valence-electron chi connectivity index (χ2n) is 5.90. The van der Waals surface area contributed by atoms with Crippen molar-refractivity contribution in [1.29, 1.82) is 0 Å². The van der Waals surface area contributed by atoms with E-state index in [1.165, 1.54) is 12.1 Å². The highest BCUT2D eigenvalue weighted by molar-refractivity contribution is 6.34. The molecule has 0 spiro atoms. The molecule has 26 heavy (non-hydrogen) atoms. The van der Waals surface area contributed by atoms with Gasteiger partial charge in [-0.25, -0.2) is 0 Å². The van der Waals surface area contributed by atoms with Crippen LogP contribution in [0.5, 0.6) is 0 Å². The number of hydrogen-bond acceptors (Lipinski definition) is 4. The van der Waals surface area contributed by atoms with Crippen LogP contribution in [0.15, 0.2) is 53.6 Å². The standard InChI is InChI=1S/C19H19ClN4O2/c1-2-3-12-23-18-7-5-4-6-16(18)17(19(23)20)13-21-22-14-8-10-15(11-9-14)24(25)26/h4-11,13,22H,2-3,12H2,1H3/b21-13+. The Hall–Kier alpha value is -2.86. The monoisotopic (exact) mass is 370 g/mol. The molecule has 0 bridgehead atoms. The van der Waals surface area contributed by atoms with Crippen LogP contribution in [0.3, 0.4) is 0 Å². The van der Waals surface area contributed by atoms with Gasteiger partial charge in [0, 0.05) is 35.1 Å². The number of halogens is 1. The molecule has 1 N–H and O–H groups in total. The lowest BCUT2D eigenvalue weighted by Gasteiger charge is -2.05. The Bertz CT molecular complexity index is 948. The van der Waals surface area contributed by atoms with Crippen LogP contribution in [0.25, 0.3) is 10.9 Å². The first kappa shape index (κ1) is 17.9. The summed E-state index contributed by atoms with van der Waals surface area (Å²) < 4.78 is 2.10. The van der Waals surface area contributed by atoms with Crippen LogP contribution in [-0.2, 0) is 6.54 Å². The van der Waals surface area contributed by atoms with E-state index in [1.54, 1.807) is 18.3 Å². The van der Waals surface area contributed by atoms with Gasteiger partial charge in [0.25, 0.3) is 5.69 Å². The van der Waals surface area contributed by atoms with Crippen molar-refractivity contribution >= 4 is 40.1 Å². The molecule has 0 amide bonds. The number of benzene rings is 2. The van der Waals surface area contributed by atoms with Crippen molar-refractivity contribution in [2.45, 2.75) is 26.3 Å². The second-order valence-corrected chi connectivity index (χ2v) is 6.26. The number of rotatable bonds is 7. The lowest BCUT2D eigenvalue weighted by atomic mass is 10.2. The number of nitrogens with zero attached hydrogens (tertiary/aromatic N) is 3. The summed E-state index contributed by atoms with van der Waals surface area (Å²) in [6, 6.07) is 14.1. The smallest absolute Gasteiger partial charge is 0.269 e. The molecule has 0 radical (unpaired) electrons. The summed E-state index contributed by atoms with van der Waals surface area (Å²) in [6.45, 7) is 3.01. The number of aromatic nitrogens is 1. The average Bonchev–Trinajstić information content (AvgIpc) is 2.92. The number of hydrogen-bond donors (Lipinski definition) is 1. The molecule has 6 nitrogen and oxygen atoms in total. The summed E-state index contributed by atoms with van der Waals surface area (Å²) >= 11 is 6.59. The number of hydrazone groups is 1. The van der Waals surface area contributed by atoms with Gasteiger partial charge in [-0.15, -0.1) is 0 Å². The Balaban J connectivity index is 1.84. The van der Waals surface area contributed by atoms with Gasteiger partial charge < -0.3 is 4.57 Å². The zero-order chi connectivity index (χ0) is 18.5. The van der Waals surface area contributed by atoms with Gasteiger partial charge in [0.2, 0.25) is 0 Å². The maximum atomic E-state index is 10.7. The zero-order valence-electron chi connectivity index (χ0n) is 14.4. The van der Waals surface area contributed by atoms with Gasteiger partial charge in [-0.05, 0) is 24.6 Å². The molecule has 0 aliphatic rings. The molecule has 2 aromatic carbocycles. The Morgan fingerprint density at radius 2 is 1.96 bits per heavy atom. The van der Waals surface area contributed by atoms with E-state index in [2.05, 4.69) is 28.1 Å². The average molecular weight is 371 g/mol. The van der Waals surface area contributed by atoms with E-state index >= 15 is 0 Å². The van der Waals surface area contributed by atoms with Gasteiger partial charge in [0.05, 0.1) is 16.8 Å². The predicted octanol–water partition coefficient (Wildman–Crippen LogP) is 5.45.